The van der Waals surface area contributed by atoms with Crippen LogP contribution in [-0.4, -0.2) is 11.3 Å². The third-order valence-electron chi connectivity index (χ3n) is 6.20. The molecule has 0 aliphatic carbocycles. The first-order valence-electron chi connectivity index (χ1n) is 11.4. The lowest BCUT2D eigenvalue weighted by Gasteiger charge is -2.37. The van der Waals surface area contributed by atoms with E-state index in [0.29, 0.717) is 5.56 Å². The van der Waals surface area contributed by atoms with E-state index >= 15 is 0 Å². The minimum Gasteiger partial charge on any atom is -0.507 e. The Bertz CT molecular complexity index is 1280. The highest BCUT2D eigenvalue weighted by Gasteiger charge is 2.40. The number of aliphatic imine (C=N–C) groups is 1. The van der Waals surface area contributed by atoms with Gasteiger partial charge in [0.15, 0.2) is 0 Å². The van der Waals surface area contributed by atoms with Crippen molar-refractivity contribution < 1.29 is 5.11 Å². The number of hydrogen-bond donors (Lipinski definition) is 1. The van der Waals surface area contributed by atoms with Crippen LogP contribution < -0.4 is 0 Å². The summed E-state index contributed by atoms with van der Waals surface area (Å²) in [6, 6.07) is 46.8. The summed E-state index contributed by atoms with van der Waals surface area (Å²) in [6.07, 6.45) is 1.74. The van der Waals surface area contributed by atoms with Crippen molar-refractivity contribution in [3.8, 4) is 5.75 Å². The molecule has 0 aromatic heterocycles. The zero-order valence-corrected chi connectivity index (χ0v) is 18.8. The quantitative estimate of drug-likeness (QED) is 0.215. The lowest BCUT2D eigenvalue weighted by atomic mass is 9.64. The smallest absolute Gasteiger partial charge is 0.129 e. The summed E-state index contributed by atoms with van der Waals surface area (Å²) in [5.41, 5.74) is 4.87. The Morgan fingerprint density at radius 3 is 1.41 bits per heavy atom. The summed E-state index contributed by atoms with van der Waals surface area (Å²) in [7, 11) is 0. The number of benzene rings is 5. The maximum atomic E-state index is 11.7. The maximum absolute atomic E-state index is 11.7. The van der Waals surface area contributed by atoms with E-state index in [2.05, 4.69) is 41.4 Å². The molecular weight excluding hydrogens is 414 g/mol. The molecule has 0 spiro atoms. The molecule has 0 saturated heterocycles. The van der Waals surface area contributed by atoms with Crippen LogP contribution in [0.1, 0.15) is 27.8 Å². The molecule has 5 aromatic rings. The minimum absolute atomic E-state index is 0.221. The molecule has 2 nitrogen and oxygen atoms in total. The fraction of sp³-hybridized carbons (Fsp3) is 0.0312. The fourth-order valence-electron chi connectivity index (χ4n) is 4.66. The zero-order chi connectivity index (χ0) is 23.2. The van der Waals surface area contributed by atoms with Crippen LogP contribution in [0.3, 0.4) is 0 Å². The van der Waals surface area contributed by atoms with Crippen LogP contribution in [0.15, 0.2) is 145 Å². The highest BCUT2D eigenvalue weighted by Crippen LogP contribution is 2.48. The van der Waals surface area contributed by atoms with Crippen molar-refractivity contribution >= 4 is 11.9 Å². The monoisotopic (exact) mass is 439 g/mol. The van der Waals surface area contributed by atoms with Gasteiger partial charge in [0.1, 0.15) is 5.75 Å². The van der Waals surface area contributed by atoms with Gasteiger partial charge in [-0.3, -0.25) is 4.99 Å². The van der Waals surface area contributed by atoms with Crippen molar-refractivity contribution in [1.82, 2.24) is 0 Å². The first-order chi connectivity index (χ1) is 16.8. The van der Waals surface area contributed by atoms with E-state index in [-0.39, 0.29) is 5.75 Å². The molecule has 5 aromatic carbocycles. The Labute approximate surface area is 200 Å². The van der Waals surface area contributed by atoms with E-state index in [1.54, 1.807) is 6.21 Å². The third kappa shape index (κ3) is 3.91. The molecule has 0 heterocycles. The number of para-hydroxylation sites is 2. The van der Waals surface area contributed by atoms with Crippen molar-refractivity contribution in [3.63, 3.8) is 0 Å². The van der Waals surface area contributed by atoms with E-state index in [4.69, 9.17) is 0 Å². The fourth-order valence-corrected chi connectivity index (χ4v) is 4.66. The average molecular weight is 440 g/mol. The van der Waals surface area contributed by atoms with Gasteiger partial charge in [-0.05, 0) is 34.9 Å². The second kappa shape index (κ2) is 9.60. The lowest BCUT2D eigenvalue weighted by molar-refractivity contribution is 0.459. The Kier molecular flexibility index (Phi) is 6.05. The summed E-state index contributed by atoms with van der Waals surface area (Å²) in [5.74, 6) is 0.221. The SMILES string of the molecule is Oc1c(/C=N/c2ccccc2)cccc1C(c1ccccc1)(c1ccccc1)c1ccccc1. The van der Waals surface area contributed by atoms with E-state index < -0.39 is 5.41 Å². The molecule has 0 bridgehead atoms. The van der Waals surface area contributed by atoms with Crippen LogP contribution in [0, 0.1) is 0 Å². The van der Waals surface area contributed by atoms with Crippen molar-refractivity contribution in [2.45, 2.75) is 5.41 Å². The van der Waals surface area contributed by atoms with Crippen molar-refractivity contribution in [3.05, 3.63) is 167 Å². The first-order valence-corrected chi connectivity index (χ1v) is 11.4. The van der Waals surface area contributed by atoms with Crippen LogP contribution in [0.5, 0.6) is 5.75 Å². The molecule has 164 valence electrons. The van der Waals surface area contributed by atoms with Crippen LogP contribution in [0.2, 0.25) is 0 Å². The van der Waals surface area contributed by atoms with Gasteiger partial charge in [-0.25, -0.2) is 0 Å². The Morgan fingerprint density at radius 1 is 0.500 bits per heavy atom. The molecule has 0 aliphatic heterocycles. The van der Waals surface area contributed by atoms with Gasteiger partial charge in [-0.1, -0.05) is 121 Å². The largest absolute Gasteiger partial charge is 0.507 e. The molecule has 34 heavy (non-hydrogen) atoms. The van der Waals surface area contributed by atoms with Crippen LogP contribution in [0.4, 0.5) is 5.69 Å². The van der Waals surface area contributed by atoms with Crippen LogP contribution in [0.25, 0.3) is 0 Å². The molecule has 0 atom stereocenters. The number of hydrogen-bond acceptors (Lipinski definition) is 2. The Morgan fingerprint density at radius 2 is 0.941 bits per heavy atom. The molecule has 0 aliphatic rings. The number of phenols is 1. The van der Waals surface area contributed by atoms with E-state index in [1.165, 1.54) is 0 Å². The standard InChI is InChI=1S/C32H25NO/c34-31-25(24-33-29-21-11-4-12-22-29)14-13-23-30(31)32(26-15-5-1-6-16-26,27-17-7-2-8-18-27)28-19-9-3-10-20-28/h1-24,34H/b33-24+. The topological polar surface area (TPSA) is 32.6 Å². The summed E-state index contributed by atoms with van der Waals surface area (Å²) in [6.45, 7) is 0. The van der Waals surface area contributed by atoms with Gasteiger partial charge < -0.3 is 5.11 Å². The van der Waals surface area contributed by atoms with Crippen LogP contribution in [-0.2, 0) is 5.41 Å². The predicted octanol–water partition coefficient (Wildman–Crippen LogP) is 7.53. The molecule has 5 rings (SSSR count). The van der Waals surface area contributed by atoms with Gasteiger partial charge in [-0.2, -0.15) is 0 Å². The highest BCUT2D eigenvalue weighted by atomic mass is 16.3. The van der Waals surface area contributed by atoms with E-state index in [0.717, 1.165) is 27.9 Å². The summed E-state index contributed by atoms with van der Waals surface area (Å²) >= 11 is 0. The number of phenolic OH excluding ortho intramolecular Hbond substituents is 1. The second-order valence-electron chi connectivity index (χ2n) is 8.19. The van der Waals surface area contributed by atoms with Crippen molar-refractivity contribution in [2.24, 2.45) is 4.99 Å². The lowest BCUT2D eigenvalue weighted by Crippen LogP contribution is -2.31. The zero-order valence-electron chi connectivity index (χ0n) is 18.8. The Hall–Kier alpha value is -4.43. The van der Waals surface area contributed by atoms with E-state index in [1.807, 2.05) is 103 Å². The normalized spacial score (nSPS) is 11.5. The van der Waals surface area contributed by atoms with Gasteiger partial charge in [0.2, 0.25) is 0 Å². The molecular formula is C32H25NO. The van der Waals surface area contributed by atoms with Crippen molar-refractivity contribution in [2.75, 3.05) is 0 Å². The average Bonchev–Trinajstić information content (AvgIpc) is 2.92. The van der Waals surface area contributed by atoms with Gasteiger partial charge in [-0.15, -0.1) is 0 Å². The maximum Gasteiger partial charge on any atom is 0.129 e. The molecule has 0 amide bonds. The number of nitrogens with zero attached hydrogens (tertiary/aromatic N) is 1. The predicted molar refractivity (Wildman–Crippen MR) is 140 cm³/mol. The van der Waals surface area contributed by atoms with Gasteiger partial charge in [0.05, 0.1) is 11.1 Å². The minimum atomic E-state index is -0.704. The molecule has 0 unspecified atom stereocenters. The second-order valence-corrected chi connectivity index (χ2v) is 8.19. The third-order valence-corrected chi connectivity index (χ3v) is 6.20. The summed E-state index contributed by atoms with van der Waals surface area (Å²) in [5, 5.41) is 11.7. The first kappa shape index (κ1) is 21.4. The van der Waals surface area contributed by atoms with Gasteiger partial charge >= 0.3 is 0 Å². The van der Waals surface area contributed by atoms with Crippen LogP contribution >= 0.6 is 0 Å². The molecule has 1 N–H and O–H groups in total. The number of aromatic hydroxyl groups is 1. The van der Waals surface area contributed by atoms with Gasteiger partial charge in [0, 0.05) is 17.3 Å². The molecule has 0 saturated carbocycles. The summed E-state index contributed by atoms with van der Waals surface area (Å²) < 4.78 is 0. The summed E-state index contributed by atoms with van der Waals surface area (Å²) in [4.78, 5) is 4.59. The molecule has 2 heteroatoms. The van der Waals surface area contributed by atoms with Crippen molar-refractivity contribution in [1.29, 1.82) is 0 Å². The highest BCUT2D eigenvalue weighted by molar-refractivity contribution is 5.87. The van der Waals surface area contributed by atoms with Gasteiger partial charge in [0.25, 0.3) is 0 Å². The molecule has 0 radical (unpaired) electrons. The Balaban J connectivity index is 1.80. The van der Waals surface area contributed by atoms with E-state index in [9.17, 15) is 5.11 Å². The molecule has 0 fully saturated rings. The number of rotatable bonds is 6.